The summed E-state index contributed by atoms with van der Waals surface area (Å²) >= 11 is 0. The molecule has 1 heterocycles. The van der Waals surface area contributed by atoms with E-state index in [0.717, 1.165) is 45.3 Å². The first-order valence-corrected chi connectivity index (χ1v) is 12.1. The van der Waals surface area contributed by atoms with Crippen LogP contribution in [0.5, 0.6) is 0 Å². The third kappa shape index (κ3) is 2.43. The second-order valence-electron chi connectivity index (χ2n) is 11.1. The van der Waals surface area contributed by atoms with Crippen molar-refractivity contribution in [2.45, 2.75) is 77.4 Å². The Morgan fingerprint density at radius 3 is 2.37 bits per heavy atom. The standard InChI is InChI=1S/C27H38O3/c1-5-12-26(13-6-2)22-8-7-19-20(24(22,3)14-11-23(26)28)9-15-25(4)21(19)10-16-27(25)29-17-18-30-27/h5-6,8,19-21H,1-2,7,9-18H2,3-4H3/t19?,20-,21-,24?,25?/m0/s1. The smallest absolute Gasteiger partial charge is 0.174 e. The van der Waals surface area contributed by atoms with Gasteiger partial charge in [0.2, 0.25) is 0 Å². The third-order valence-corrected chi connectivity index (χ3v) is 10.2. The lowest BCUT2D eigenvalue weighted by atomic mass is 9.43. The lowest BCUT2D eigenvalue weighted by Gasteiger charge is -2.61. The largest absolute Gasteiger partial charge is 0.347 e. The van der Waals surface area contributed by atoms with Crippen molar-refractivity contribution in [1.29, 1.82) is 0 Å². The molecule has 5 aliphatic rings. The molecule has 3 heteroatoms. The number of ketones is 1. The van der Waals surface area contributed by atoms with Crippen molar-refractivity contribution >= 4 is 5.78 Å². The van der Waals surface area contributed by atoms with Crippen LogP contribution in [0.25, 0.3) is 0 Å². The zero-order chi connectivity index (χ0) is 21.2. The lowest BCUT2D eigenvalue weighted by Crippen LogP contribution is -2.57. The molecule has 5 atom stereocenters. The number of Topliss-reactive ketones (excluding diaryl/α,β-unsaturated/α-hetero) is 1. The van der Waals surface area contributed by atoms with Crippen molar-refractivity contribution in [2.75, 3.05) is 13.2 Å². The van der Waals surface area contributed by atoms with E-state index in [4.69, 9.17) is 9.47 Å². The molecule has 1 aliphatic heterocycles. The van der Waals surface area contributed by atoms with Gasteiger partial charge in [-0.05, 0) is 68.1 Å². The first kappa shape index (κ1) is 20.7. The minimum atomic E-state index is -0.406. The molecular formula is C27H38O3. The average Bonchev–Trinajstić information content (AvgIpc) is 3.32. The monoisotopic (exact) mass is 410 g/mol. The molecule has 164 valence electrons. The Morgan fingerprint density at radius 2 is 1.70 bits per heavy atom. The van der Waals surface area contributed by atoms with Crippen molar-refractivity contribution in [3.8, 4) is 0 Å². The molecule has 0 amide bonds. The molecule has 0 aromatic heterocycles. The Kier molecular flexibility index (Phi) is 4.76. The maximum absolute atomic E-state index is 13.3. The van der Waals surface area contributed by atoms with E-state index < -0.39 is 5.41 Å². The van der Waals surface area contributed by atoms with E-state index in [0.29, 0.717) is 30.0 Å². The number of carbonyl (C=O) groups excluding carboxylic acids is 1. The molecule has 0 aromatic rings. The first-order valence-electron chi connectivity index (χ1n) is 12.1. The minimum absolute atomic E-state index is 0.108. The van der Waals surface area contributed by atoms with Crippen LogP contribution in [0.4, 0.5) is 0 Å². The van der Waals surface area contributed by atoms with Crippen molar-refractivity contribution in [3.63, 3.8) is 0 Å². The normalized spacial score (nSPS) is 43.5. The number of ether oxygens (including phenoxy) is 2. The molecule has 1 saturated heterocycles. The van der Waals surface area contributed by atoms with Gasteiger partial charge in [-0.25, -0.2) is 0 Å². The van der Waals surface area contributed by atoms with Gasteiger partial charge in [0.15, 0.2) is 5.79 Å². The van der Waals surface area contributed by atoms with Crippen LogP contribution in [0.2, 0.25) is 0 Å². The lowest BCUT2D eigenvalue weighted by molar-refractivity contribution is -0.242. The first-order chi connectivity index (χ1) is 14.4. The molecular weight excluding hydrogens is 372 g/mol. The highest BCUT2D eigenvalue weighted by Crippen LogP contribution is 2.70. The van der Waals surface area contributed by atoms with Crippen LogP contribution in [-0.4, -0.2) is 24.8 Å². The van der Waals surface area contributed by atoms with Gasteiger partial charge in [0.05, 0.1) is 18.6 Å². The predicted molar refractivity (Wildman–Crippen MR) is 119 cm³/mol. The zero-order valence-corrected chi connectivity index (χ0v) is 18.9. The molecule has 4 fully saturated rings. The second kappa shape index (κ2) is 6.90. The quantitative estimate of drug-likeness (QED) is 0.532. The summed E-state index contributed by atoms with van der Waals surface area (Å²) in [6, 6.07) is 0. The highest BCUT2D eigenvalue weighted by molar-refractivity contribution is 5.90. The van der Waals surface area contributed by atoms with Crippen LogP contribution >= 0.6 is 0 Å². The van der Waals surface area contributed by atoms with Gasteiger partial charge < -0.3 is 9.47 Å². The van der Waals surface area contributed by atoms with Crippen LogP contribution in [0.1, 0.15) is 71.6 Å². The maximum Gasteiger partial charge on any atom is 0.174 e. The van der Waals surface area contributed by atoms with Gasteiger partial charge in [-0.15, -0.1) is 13.2 Å². The van der Waals surface area contributed by atoms with Crippen LogP contribution in [-0.2, 0) is 14.3 Å². The van der Waals surface area contributed by atoms with Gasteiger partial charge in [-0.3, -0.25) is 4.79 Å². The molecule has 3 unspecified atom stereocenters. The Labute approximate surface area is 182 Å². The van der Waals surface area contributed by atoms with E-state index >= 15 is 0 Å². The van der Waals surface area contributed by atoms with E-state index in [2.05, 4.69) is 33.1 Å². The minimum Gasteiger partial charge on any atom is -0.347 e. The van der Waals surface area contributed by atoms with E-state index in [1.54, 1.807) is 0 Å². The molecule has 30 heavy (non-hydrogen) atoms. The summed E-state index contributed by atoms with van der Waals surface area (Å²) in [5, 5.41) is 0. The fraction of sp³-hybridized carbons (Fsp3) is 0.741. The molecule has 5 rings (SSSR count). The highest BCUT2D eigenvalue weighted by Gasteiger charge is 2.67. The number of allylic oxidation sites excluding steroid dienone is 4. The van der Waals surface area contributed by atoms with Crippen molar-refractivity contribution in [1.82, 2.24) is 0 Å². The SMILES string of the molecule is C=CCC1(CC=C)C(=O)CCC2(C)C1=CCC1[C@@H]2CCC2(C)[C@H]1CCC21OCCO1. The molecule has 1 spiro atoms. The Balaban J connectivity index is 1.54. The fourth-order valence-electron chi connectivity index (χ4n) is 8.83. The van der Waals surface area contributed by atoms with Gasteiger partial charge in [0, 0.05) is 18.3 Å². The Hall–Kier alpha value is -1.19. The van der Waals surface area contributed by atoms with Gasteiger partial charge >= 0.3 is 0 Å². The number of hydrogen-bond acceptors (Lipinski definition) is 3. The molecule has 4 aliphatic carbocycles. The van der Waals surface area contributed by atoms with Crippen molar-refractivity contribution < 1.29 is 14.3 Å². The highest BCUT2D eigenvalue weighted by atomic mass is 16.7. The van der Waals surface area contributed by atoms with Gasteiger partial charge in [-0.1, -0.05) is 37.6 Å². The number of carbonyl (C=O) groups is 1. The summed E-state index contributed by atoms with van der Waals surface area (Å²) in [6.45, 7) is 14.4. The molecule has 0 bridgehead atoms. The molecule has 0 aromatic carbocycles. The van der Waals surface area contributed by atoms with Gasteiger partial charge in [-0.2, -0.15) is 0 Å². The van der Waals surface area contributed by atoms with Crippen LogP contribution < -0.4 is 0 Å². The van der Waals surface area contributed by atoms with Crippen LogP contribution in [0.3, 0.4) is 0 Å². The van der Waals surface area contributed by atoms with Crippen molar-refractivity contribution in [2.24, 2.45) is 34.0 Å². The summed E-state index contributed by atoms with van der Waals surface area (Å²) in [5.41, 5.74) is 1.24. The maximum atomic E-state index is 13.3. The molecule has 0 N–H and O–H groups in total. The van der Waals surface area contributed by atoms with E-state index in [9.17, 15) is 4.79 Å². The molecule has 0 radical (unpaired) electrons. The molecule has 3 saturated carbocycles. The van der Waals surface area contributed by atoms with E-state index in [-0.39, 0.29) is 16.6 Å². The van der Waals surface area contributed by atoms with Crippen molar-refractivity contribution in [3.05, 3.63) is 37.0 Å². The van der Waals surface area contributed by atoms with E-state index in [1.807, 2.05) is 12.2 Å². The summed E-state index contributed by atoms with van der Waals surface area (Å²) in [5.74, 6) is 2.02. The van der Waals surface area contributed by atoms with Gasteiger partial charge in [0.1, 0.15) is 5.78 Å². The zero-order valence-electron chi connectivity index (χ0n) is 18.9. The summed E-state index contributed by atoms with van der Waals surface area (Å²) in [6.07, 6.45) is 15.3. The summed E-state index contributed by atoms with van der Waals surface area (Å²) in [7, 11) is 0. The predicted octanol–water partition coefficient (Wildman–Crippen LogP) is 6.01. The summed E-state index contributed by atoms with van der Waals surface area (Å²) < 4.78 is 12.6. The fourth-order valence-corrected chi connectivity index (χ4v) is 8.83. The second-order valence-corrected chi connectivity index (χ2v) is 11.1. The van der Waals surface area contributed by atoms with Crippen LogP contribution in [0, 0.1) is 34.0 Å². The van der Waals surface area contributed by atoms with Gasteiger partial charge in [0.25, 0.3) is 0 Å². The topological polar surface area (TPSA) is 35.5 Å². The number of fused-ring (bicyclic) bond motifs is 6. The Morgan fingerprint density at radius 1 is 1.03 bits per heavy atom. The van der Waals surface area contributed by atoms with Crippen LogP contribution in [0.15, 0.2) is 37.0 Å². The third-order valence-electron chi connectivity index (χ3n) is 10.2. The molecule has 3 nitrogen and oxygen atoms in total. The number of hydrogen-bond donors (Lipinski definition) is 0. The van der Waals surface area contributed by atoms with E-state index in [1.165, 1.54) is 24.8 Å². The Bertz CT molecular complexity index is 778. The number of rotatable bonds is 4. The average molecular weight is 411 g/mol. The summed E-state index contributed by atoms with van der Waals surface area (Å²) in [4.78, 5) is 13.3.